The highest BCUT2D eigenvalue weighted by Gasteiger charge is 2.43. The highest BCUT2D eigenvalue weighted by Crippen LogP contribution is 2.44. The number of rotatable bonds is 11. The smallest absolute Gasteiger partial charge is 0.326 e. The fourth-order valence-electron chi connectivity index (χ4n) is 6.81. The minimum absolute atomic E-state index is 0.154. The van der Waals surface area contributed by atoms with E-state index in [1.165, 1.54) is 12.0 Å². The fourth-order valence-corrected chi connectivity index (χ4v) is 6.81. The van der Waals surface area contributed by atoms with Crippen LogP contribution in [-0.4, -0.2) is 54.1 Å². The predicted octanol–water partition coefficient (Wildman–Crippen LogP) is 4.76. The summed E-state index contributed by atoms with van der Waals surface area (Å²) in [6.45, 7) is 1.48. The number of aliphatic carboxylic acids is 1. The van der Waals surface area contributed by atoms with Crippen molar-refractivity contribution in [3.63, 3.8) is 0 Å². The molecule has 2 aliphatic heterocycles. The molecule has 1 aromatic heterocycles. The van der Waals surface area contributed by atoms with Crippen molar-refractivity contribution in [1.82, 2.24) is 10.3 Å². The lowest BCUT2D eigenvalue weighted by molar-refractivity contribution is -0.144. The SMILES string of the molecule is O=C(O)[C@H](CCOC1CC(CCc2ccc3c(n2)NCCC3)C1)NC(=O)C1(c2ccc3c(c2)OCO3)CCCCC1. The van der Waals surface area contributed by atoms with E-state index in [-0.39, 0.29) is 25.2 Å². The second-order valence-electron chi connectivity index (χ2n) is 12.1. The van der Waals surface area contributed by atoms with Crippen LogP contribution in [0.2, 0.25) is 0 Å². The largest absolute Gasteiger partial charge is 0.480 e. The van der Waals surface area contributed by atoms with Gasteiger partial charge in [0, 0.05) is 25.3 Å². The number of carboxylic acid groups (broad SMARTS) is 1. The number of hydrogen-bond acceptors (Lipinski definition) is 7. The Bertz CT molecular complexity index is 1250. The van der Waals surface area contributed by atoms with Gasteiger partial charge < -0.3 is 30.0 Å². The number of benzene rings is 1. The molecule has 220 valence electrons. The number of aryl methyl sites for hydroxylation is 2. The van der Waals surface area contributed by atoms with Crippen LogP contribution in [0, 0.1) is 5.92 Å². The molecule has 0 radical (unpaired) electrons. The number of nitrogens with one attached hydrogen (secondary N) is 2. The first-order chi connectivity index (χ1) is 20.0. The van der Waals surface area contributed by atoms with Gasteiger partial charge in [-0.25, -0.2) is 9.78 Å². The third kappa shape index (κ3) is 6.15. The molecule has 2 saturated carbocycles. The van der Waals surface area contributed by atoms with Crippen molar-refractivity contribution in [2.75, 3.05) is 25.3 Å². The molecule has 9 nitrogen and oxygen atoms in total. The molecule has 6 rings (SSSR count). The van der Waals surface area contributed by atoms with E-state index in [0.717, 1.165) is 75.0 Å². The molecule has 2 aliphatic carbocycles. The van der Waals surface area contributed by atoms with E-state index in [9.17, 15) is 14.7 Å². The second kappa shape index (κ2) is 12.3. The first-order valence-electron chi connectivity index (χ1n) is 15.3. The van der Waals surface area contributed by atoms with Crippen LogP contribution in [0.4, 0.5) is 5.82 Å². The molecule has 0 unspecified atom stereocenters. The first kappa shape index (κ1) is 27.8. The highest BCUT2D eigenvalue weighted by atomic mass is 16.7. The Morgan fingerprint density at radius 3 is 2.76 bits per heavy atom. The molecule has 0 spiro atoms. The van der Waals surface area contributed by atoms with Gasteiger partial charge in [-0.3, -0.25) is 4.79 Å². The number of hydrogen-bond donors (Lipinski definition) is 3. The highest BCUT2D eigenvalue weighted by molar-refractivity contribution is 5.91. The molecule has 1 amide bonds. The van der Waals surface area contributed by atoms with Crippen molar-refractivity contribution in [1.29, 1.82) is 0 Å². The molecule has 0 bridgehead atoms. The van der Waals surface area contributed by atoms with Crippen LogP contribution in [0.1, 0.15) is 81.0 Å². The maximum absolute atomic E-state index is 13.7. The first-order valence-corrected chi connectivity index (χ1v) is 15.3. The zero-order valence-corrected chi connectivity index (χ0v) is 23.7. The summed E-state index contributed by atoms with van der Waals surface area (Å²) < 4.78 is 17.0. The van der Waals surface area contributed by atoms with E-state index in [0.29, 0.717) is 36.9 Å². The number of pyridine rings is 1. The number of ether oxygens (including phenoxy) is 3. The van der Waals surface area contributed by atoms with Crippen molar-refractivity contribution in [3.8, 4) is 11.5 Å². The zero-order valence-electron chi connectivity index (χ0n) is 23.7. The van der Waals surface area contributed by atoms with E-state index in [2.05, 4.69) is 22.8 Å². The predicted molar refractivity (Wildman–Crippen MR) is 153 cm³/mol. The van der Waals surface area contributed by atoms with E-state index in [4.69, 9.17) is 19.2 Å². The Morgan fingerprint density at radius 1 is 1.10 bits per heavy atom. The quantitative estimate of drug-likeness (QED) is 0.358. The van der Waals surface area contributed by atoms with E-state index >= 15 is 0 Å². The van der Waals surface area contributed by atoms with Gasteiger partial charge in [0.1, 0.15) is 11.9 Å². The Morgan fingerprint density at radius 2 is 1.93 bits per heavy atom. The van der Waals surface area contributed by atoms with Gasteiger partial charge in [0.15, 0.2) is 11.5 Å². The van der Waals surface area contributed by atoms with Gasteiger partial charge in [0.05, 0.1) is 11.5 Å². The van der Waals surface area contributed by atoms with Crippen molar-refractivity contribution in [3.05, 3.63) is 47.2 Å². The van der Waals surface area contributed by atoms with Crippen LogP contribution in [0.3, 0.4) is 0 Å². The molecular formula is C32H41N3O6. The molecule has 41 heavy (non-hydrogen) atoms. The van der Waals surface area contributed by atoms with E-state index in [1.54, 1.807) is 0 Å². The lowest BCUT2D eigenvalue weighted by Gasteiger charge is -2.37. The lowest BCUT2D eigenvalue weighted by atomic mass is 9.68. The normalized spacial score (nSPS) is 23.0. The Kier molecular flexibility index (Phi) is 8.32. The van der Waals surface area contributed by atoms with E-state index < -0.39 is 17.4 Å². The third-order valence-electron chi connectivity index (χ3n) is 9.38. The molecule has 9 heteroatoms. The number of carbonyl (C=O) groups is 2. The van der Waals surface area contributed by atoms with Crippen LogP contribution in [0.5, 0.6) is 11.5 Å². The number of anilines is 1. The molecule has 2 aromatic rings. The minimum atomic E-state index is -1.03. The zero-order chi connectivity index (χ0) is 28.2. The summed E-state index contributed by atoms with van der Waals surface area (Å²) in [5.41, 5.74) is 2.55. The number of amides is 1. The molecule has 3 heterocycles. The van der Waals surface area contributed by atoms with Gasteiger partial charge in [-0.2, -0.15) is 0 Å². The Hall–Kier alpha value is -3.33. The molecule has 4 aliphatic rings. The number of carboxylic acids is 1. The van der Waals surface area contributed by atoms with Gasteiger partial charge in [0.2, 0.25) is 12.7 Å². The van der Waals surface area contributed by atoms with Gasteiger partial charge in [-0.15, -0.1) is 0 Å². The average molecular weight is 564 g/mol. The van der Waals surface area contributed by atoms with Crippen molar-refractivity contribution >= 4 is 17.7 Å². The van der Waals surface area contributed by atoms with Crippen LogP contribution in [-0.2, 0) is 32.6 Å². The summed E-state index contributed by atoms with van der Waals surface area (Å²) >= 11 is 0. The summed E-state index contributed by atoms with van der Waals surface area (Å²) in [7, 11) is 0. The molecule has 0 saturated heterocycles. The molecule has 3 N–H and O–H groups in total. The van der Waals surface area contributed by atoms with Crippen LogP contribution in [0.25, 0.3) is 0 Å². The number of aromatic nitrogens is 1. The van der Waals surface area contributed by atoms with Gasteiger partial charge in [-0.1, -0.05) is 31.4 Å². The van der Waals surface area contributed by atoms with Crippen molar-refractivity contribution in [2.45, 2.75) is 94.6 Å². The van der Waals surface area contributed by atoms with Crippen LogP contribution < -0.4 is 20.1 Å². The molecule has 1 aromatic carbocycles. The van der Waals surface area contributed by atoms with Crippen molar-refractivity contribution in [2.24, 2.45) is 5.92 Å². The van der Waals surface area contributed by atoms with Gasteiger partial charge >= 0.3 is 5.97 Å². The average Bonchev–Trinajstić information content (AvgIpc) is 3.45. The lowest BCUT2D eigenvalue weighted by Crippen LogP contribution is -2.52. The van der Waals surface area contributed by atoms with Crippen LogP contribution in [0.15, 0.2) is 30.3 Å². The topological polar surface area (TPSA) is 119 Å². The van der Waals surface area contributed by atoms with Crippen molar-refractivity contribution < 1.29 is 28.9 Å². The maximum atomic E-state index is 13.7. The summed E-state index contributed by atoms with van der Waals surface area (Å²) in [5.74, 6) is 1.71. The third-order valence-corrected chi connectivity index (χ3v) is 9.38. The van der Waals surface area contributed by atoms with Crippen LogP contribution >= 0.6 is 0 Å². The minimum Gasteiger partial charge on any atom is -0.480 e. The fraction of sp³-hybridized carbons (Fsp3) is 0.594. The maximum Gasteiger partial charge on any atom is 0.326 e. The van der Waals surface area contributed by atoms with E-state index in [1.807, 2.05) is 18.2 Å². The molecular weight excluding hydrogens is 522 g/mol. The van der Waals surface area contributed by atoms with Gasteiger partial charge in [0.25, 0.3) is 0 Å². The molecule has 1 atom stereocenters. The van der Waals surface area contributed by atoms with Gasteiger partial charge in [-0.05, 0) is 86.6 Å². The number of nitrogens with zero attached hydrogens (tertiary/aromatic N) is 1. The Labute approximate surface area is 241 Å². The number of fused-ring (bicyclic) bond motifs is 2. The summed E-state index contributed by atoms with van der Waals surface area (Å²) in [6, 6.07) is 9.02. The second-order valence-corrected chi connectivity index (χ2v) is 12.1. The summed E-state index contributed by atoms with van der Waals surface area (Å²) in [5, 5.41) is 16.2. The Balaban J connectivity index is 0.974. The molecule has 2 fully saturated rings. The standard InChI is InChI=1S/C32H41N3O6/c36-30(37)26(35-31(38)32(13-2-1-3-14-32)23-8-11-27-28(19-23)41-20-40-27)12-16-39-25-17-21(18-25)6-9-24-10-7-22-5-4-15-33-29(22)34-24/h7-8,10-11,19,21,25-26H,1-6,9,12-18,20H2,(H,33,34)(H,35,38)(H,36,37)/t21?,25?,26-/m0/s1. The number of carbonyl (C=O) groups excluding carboxylic acids is 1. The summed E-state index contributed by atoms with van der Waals surface area (Å²) in [6.07, 6.45) is 11.0. The monoisotopic (exact) mass is 563 g/mol. The summed E-state index contributed by atoms with van der Waals surface area (Å²) in [4.78, 5) is 30.6.